The molecule has 0 atom stereocenters. The molecule has 0 fully saturated rings. The average Bonchev–Trinajstić information content (AvgIpc) is 3.86. The summed E-state index contributed by atoms with van der Waals surface area (Å²) in [6.07, 6.45) is 0. The van der Waals surface area contributed by atoms with Crippen LogP contribution in [0.25, 0.3) is 99.7 Å². The molecule has 0 aliphatic rings. The summed E-state index contributed by atoms with van der Waals surface area (Å²) in [6, 6.07) is 59.5. The van der Waals surface area contributed by atoms with Gasteiger partial charge in [0.15, 0.2) is 17.2 Å². The number of hydrogen-bond acceptors (Lipinski definition) is 3. The minimum atomic E-state index is 0.631. The predicted molar refractivity (Wildman–Crippen MR) is 209 cm³/mol. The largest absolute Gasteiger partial charge is 0.450 e. The van der Waals surface area contributed by atoms with Crippen molar-refractivity contribution in [2.24, 2.45) is 0 Å². The van der Waals surface area contributed by atoms with Gasteiger partial charge in [-0.3, -0.25) is 4.57 Å². The molecule has 7 aromatic carbocycles. The molecule has 5 nitrogen and oxygen atoms in total. The van der Waals surface area contributed by atoms with Gasteiger partial charge in [-0.15, -0.1) is 0 Å². The smallest absolute Gasteiger partial charge is 0.197 e. The van der Waals surface area contributed by atoms with Crippen LogP contribution in [0.4, 0.5) is 0 Å². The highest BCUT2D eigenvalue weighted by Gasteiger charge is 2.24. The maximum Gasteiger partial charge on any atom is 0.197 e. The van der Waals surface area contributed by atoms with E-state index in [1.165, 1.54) is 27.3 Å². The lowest BCUT2D eigenvalue weighted by Crippen LogP contribution is -2.04. The van der Waals surface area contributed by atoms with Crippen molar-refractivity contribution in [1.82, 2.24) is 19.1 Å². The van der Waals surface area contributed by atoms with E-state index in [0.717, 1.165) is 55.2 Å². The van der Waals surface area contributed by atoms with Crippen LogP contribution in [0.3, 0.4) is 0 Å². The van der Waals surface area contributed by atoms with E-state index in [4.69, 9.17) is 14.4 Å². The molecule has 0 aliphatic carbocycles. The van der Waals surface area contributed by atoms with Gasteiger partial charge in [0.05, 0.1) is 27.8 Å². The van der Waals surface area contributed by atoms with Gasteiger partial charge in [-0.25, -0.2) is 9.97 Å². The summed E-state index contributed by atoms with van der Waals surface area (Å²) in [4.78, 5) is 10.8. The number of benzene rings is 7. The van der Waals surface area contributed by atoms with Crippen LogP contribution in [-0.4, -0.2) is 19.1 Å². The third-order valence-corrected chi connectivity index (χ3v) is 10.2. The third kappa shape index (κ3) is 4.03. The van der Waals surface area contributed by atoms with Crippen molar-refractivity contribution >= 4 is 65.7 Å². The van der Waals surface area contributed by atoms with E-state index in [1.807, 2.05) is 18.2 Å². The molecule has 11 aromatic rings. The number of rotatable bonds is 4. The van der Waals surface area contributed by atoms with Crippen molar-refractivity contribution in [3.63, 3.8) is 0 Å². The van der Waals surface area contributed by atoms with Crippen molar-refractivity contribution in [3.05, 3.63) is 170 Å². The maximum absolute atomic E-state index is 6.68. The Morgan fingerprint density at radius 1 is 0.412 bits per heavy atom. The maximum atomic E-state index is 6.68. The highest BCUT2D eigenvalue weighted by Crippen LogP contribution is 2.42. The zero-order valence-electron chi connectivity index (χ0n) is 27.4. The second kappa shape index (κ2) is 10.8. The summed E-state index contributed by atoms with van der Waals surface area (Å²) in [5, 5.41) is 5.70. The second-order valence-electron chi connectivity index (χ2n) is 13.0. The zero-order valence-corrected chi connectivity index (χ0v) is 27.4. The Kier molecular flexibility index (Phi) is 5.89. The second-order valence-corrected chi connectivity index (χ2v) is 13.0. The summed E-state index contributed by atoms with van der Waals surface area (Å²) in [7, 11) is 0. The molecular weight excluding hydrogens is 625 g/mol. The number of furan rings is 1. The van der Waals surface area contributed by atoms with Gasteiger partial charge in [0.25, 0.3) is 0 Å². The van der Waals surface area contributed by atoms with E-state index < -0.39 is 0 Å². The minimum Gasteiger partial charge on any atom is -0.450 e. The Labute approximate surface area is 292 Å². The summed E-state index contributed by atoms with van der Waals surface area (Å²) in [6.45, 7) is 0. The molecule has 0 amide bonds. The van der Waals surface area contributed by atoms with Crippen molar-refractivity contribution in [1.29, 1.82) is 0 Å². The number of para-hydroxylation sites is 5. The Morgan fingerprint density at radius 2 is 0.980 bits per heavy atom. The molecule has 0 spiro atoms. The molecule has 0 aliphatic heterocycles. The van der Waals surface area contributed by atoms with Crippen LogP contribution in [0.2, 0.25) is 0 Å². The van der Waals surface area contributed by atoms with Crippen LogP contribution >= 0.6 is 0 Å². The molecule has 0 unspecified atom stereocenters. The number of fused-ring (bicyclic) bond motifs is 9. The van der Waals surface area contributed by atoms with Crippen molar-refractivity contribution in [3.8, 4) is 34.0 Å². The molecule has 5 heteroatoms. The van der Waals surface area contributed by atoms with Crippen molar-refractivity contribution in [2.45, 2.75) is 0 Å². The van der Waals surface area contributed by atoms with E-state index in [9.17, 15) is 0 Å². The number of hydrogen-bond donors (Lipinski definition) is 0. The molecule has 0 bridgehead atoms. The highest BCUT2D eigenvalue weighted by molar-refractivity contribution is 6.17. The lowest BCUT2D eigenvalue weighted by molar-refractivity contribution is 0.662. The van der Waals surface area contributed by atoms with E-state index in [1.54, 1.807) is 0 Å². The monoisotopic (exact) mass is 652 g/mol. The zero-order chi connectivity index (χ0) is 33.5. The normalized spacial score (nSPS) is 11.9. The first kappa shape index (κ1) is 27.9. The van der Waals surface area contributed by atoms with E-state index in [-0.39, 0.29) is 0 Å². The Morgan fingerprint density at radius 3 is 1.75 bits per heavy atom. The minimum absolute atomic E-state index is 0.631. The topological polar surface area (TPSA) is 48.8 Å². The first-order valence-corrected chi connectivity index (χ1v) is 17.2. The summed E-state index contributed by atoms with van der Waals surface area (Å²) in [5.41, 5.74) is 10.9. The molecule has 0 radical (unpaired) electrons. The fraction of sp³-hybridized carbons (Fsp3) is 0. The van der Waals surface area contributed by atoms with Gasteiger partial charge in [0.2, 0.25) is 0 Å². The lowest BCUT2D eigenvalue weighted by atomic mass is 9.99. The molecule has 4 aromatic heterocycles. The van der Waals surface area contributed by atoms with Gasteiger partial charge in [0.1, 0.15) is 11.1 Å². The molecule has 51 heavy (non-hydrogen) atoms. The van der Waals surface area contributed by atoms with E-state index >= 15 is 0 Å². The van der Waals surface area contributed by atoms with Gasteiger partial charge in [0, 0.05) is 32.5 Å². The van der Waals surface area contributed by atoms with Gasteiger partial charge >= 0.3 is 0 Å². The lowest BCUT2D eigenvalue weighted by Gasteiger charge is -2.14. The van der Waals surface area contributed by atoms with Crippen LogP contribution < -0.4 is 0 Å². The molecule has 238 valence electrons. The van der Waals surface area contributed by atoms with Crippen molar-refractivity contribution in [2.75, 3.05) is 0 Å². The van der Waals surface area contributed by atoms with Crippen LogP contribution in [0.5, 0.6) is 0 Å². The summed E-state index contributed by atoms with van der Waals surface area (Å²) >= 11 is 0. The van der Waals surface area contributed by atoms with Gasteiger partial charge in [-0.05, 0) is 59.7 Å². The van der Waals surface area contributed by atoms with Crippen LogP contribution in [0, 0.1) is 0 Å². The fourth-order valence-corrected chi connectivity index (χ4v) is 7.99. The van der Waals surface area contributed by atoms with Gasteiger partial charge in [-0.1, -0.05) is 121 Å². The summed E-state index contributed by atoms with van der Waals surface area (Å²) < 4.78 is 11.3. The predicted octanol–water partition coefficient (Wildman–Crippen LogP) is 11.9. The molecule has 11 rings (SSSR count). The molecular formula is C46H28N4O. The first-order chi connectivity index (χ1) is 25.3. The standard InChI is InChI=1S/C46H28N4O/c1-2-15-29(16-3-1)30-22-14-27-40-42(30)33-19-6-11-25-38(33)50(40)46-44-43(35-21-8-13-28-41(35)51-44)47-45(48-46)34-20-7-12-26-39(34)49-36-23-9-4-17-31(36)32-18-5-10-24-37(32)49/h1-28H. The van der Waals surface area contributed by atoms with Gasteiger partial charge < -0.3 is 8.98 Å². The Hall–Kier alpha value is -6.98. The highest BCUT2D eigenvalue weighted by atomic mass is 16.3. The first-order valence-electron chi connectivity index (χ1n) is 17.2. The Bertz CT molecular complexity index is 3090. The fourth-order valence-electron chi connectivity index (χ4n) is 7.99. The van der Waals surface area contributed by atoms with E-state index in [0.29, 0.717) is 17.2 Å². The Balaban J connectivity index is 1.26. The molecule has 0 saturated heterocycles. The van der Waals surface area contributed by atoms with E-state index in [2.05, 4.69) is 161 Å². The molecule has 0 saturated carbocycles. The number of nitrogens with zero attached hydrogens (tertiary/aromatic N) is 4. The van der Waals surface area contributed by atoms with Crippen molar-refractivity contribution < 1.29 is 4.42 Å². The average molecular weight is 653 g/mol. The van der Waals surface area contributed by atoms with Crippen LogP contribution in [0.15, 0.2) is 174 Å². The van der Waals surface area contributed by atoms with Gasteiger partial charge in [-0.2, -0.15) is 0 Å². The summed E-state index contributed by atoms with van der Waals surface area (Å²) in [5.74, 6) is 1.34. The quantitative estimate of drug-likeness (QED) is 0.190. The van der Waals surface area contributed by atoms with Crippen LogP contribution in [-0.2, 0) is 0 Å². The molecule has 4 heterocycles. The number of aromatic nitrogens is 4. The SMILES string of the molecule is c1ccc(-c2cccc3c2c2ccccc2n3-c2nc(-c3ccccc3-n3c4ccccc4c4ccccc43)nc3c2oc2ccccc23)cc1. The van der Waals surface area contributed by atoms with Crippen LogP contribution in [0.1, 0.15) is 0 Å². The third-order valence-electron chi connectivity index (χ3n) is 10.2. The molecule has 0 N–H and O–H groups in total.